The predicted octanol–water partition coefficient (Wildman–Crippen LogP) is 4.12. The molecule has 1 aliphatic rings. The van der Waals surface area contributed by atoms with Crippen molar-refractivity contribution in [3.05, 3.63) is 59.4 Å². The summed E-state index contributed by atoms with van der Waals surface area (Å²) >= 11 is 0. The first kappa shape index (κ1) is 25.4. The summed E-state index contributed by atoms with van der Waals surface area (Å²) < 4.78 is 82.6. The third-order valence-electron chi connectivity index (χ3n) is 5.95. The SMILES string of the molecule is Cc1ccc(-n2nccn2)c(C(=O)N2CC(F)(F)CC(C)C2CNc2ncc(C(F)(F)F)cn2)c1F. The number of carbonyl (C=O) groups is 1. The molecule has 4 rings (SSSR count). The first-order chi connectivity index (χ1) is 16.9. The fourth-order valence-corrected chi connectivity index (χ4v) is 4.16. The Morgan fingerprint density at radius 1 is 1.17 bits per heavy atom. The molecule has 1 aromatic carbocycles. The lowest BCUT2D eigenvalue weighted by Gasteiger charge is -2.43. The zero-order chi connectivity index (χ0) is 26.3. The van der Waals surface area contributed by atoms with Gasteiger partial charge < -0.3 is 10.2 Å². The van der Waals surface area contributed by atoms with Crippen molar-refractivity contribution >= 4 is 11.9 Å². The van der Waals surface area contributed by atoms with E-state index in [-0.39, 0.29) is 23.7 Å². The molecule has 0 saturated carbocycles. The van der Waals surface area contributed by atoms with Crippen molar-refractivity contribution in [3.8, 4) is 5.69 Å². The van der Waals surface area contributed by atoms with E-state index in [0.717, 1.165) is 9.70 Å². The van der Waals surface area contributed by atoms with Crippen LogP contribution in [-0.4, -0.2) is 60.8 Å². The molecule has 1 aliphatic heterocycles. The van der Waals surface area contributed by atoms with Crippen LogP contribution >= 0.6 is 0 Å². The minimum atomic E-state index is -4.62. The van der Waals surface area contributed by atoms with Crippen molar-refractivity contribution < 1.29 is 31.1 Å². The van der Waals surface area contributed by atoms with Crippen LogP contribution in [0.3, 0.4) is 0 Å². The highest BCUT2D eigenvalue weighted by Crippen LogP contribution is 2.36. The molecule has 2 atom stereocenters. The molecule has 1 amide bonds. The Labute approximate surface area is 201 Å². The summed E-state index contributed by atoms with van der Waals surface area (Å²) in [6.07, 6.45) is -1.35. The summed E-state index contributed by atoms with van der Waals surface area (Å²) in [5.74, 6) is -6.05. The van der Waals surface area contributed by atoms with Gasteiger partial charge in [-0.25, -0.2) is 23.1 Å². The van der Waals surface area contributed by atoms with E-state index in [2.05, 4.69) is 25.5 Å². The topological polar surface area (TPSA) is 88.8 Å². The van der Waals surface area contributed by atoms with Gasteiger partial charge in [-0.05, 0) is 24.5 Å². The van der Waals surface area contributed by atoms with Crippen molar-refractivity contribution in [2.24, 2.45) is 5.92 Å². The Balaban J connectivity index is 1.65. The number of piperidine rings is 1. The Bertz CT molecular complexity index is 1230. The van der Waals surface area contributed by atoms with Gasteiger partial charge in [0.15, 0.2) is 0 Å². The van der Waals surface area contributed by atoms with E-state index in [0.29, 0.717) is 12.4 Å². The summed E-state index contributed by atoms with van der Waals surface area (Å²) in [5.41, 5.74) is -1.41. The molecule has 0 radical (unpaired) electrons. The molecule has 3 heterocycles. The largest absolute Gasteiger partial charge is 0.419 e. The van der Waals surface area contributed by atoms with Crippen LogP contribution < -0.4 is 5.32 Å². The quantitative estimate of drug-likeness (QED) is 0.517. The maximum Gasteiger partial charge on any atom is 0.419 e. The van der Waals surface area contributed by atoms with Gasteiger partial charge in [0.1, 0.15) is 17.1 Å². The van der Waals surface area contributed by atoms with Crippen LogP contribution in [0.2, 0.25) is 0 Å². The number of anilines is 1. The monoisotopic (exact) mass is 513 g/mol. The van der Waals surface area contributed by atoms with Crippen LogP contribution in [0, 0.1) is 18.7 Å². The Kier molecular flexibility index (Phi) is 6.62. The van der Waals surface area contributed by atoms with Crippen LogP contribution in [0.25, 0.3) is 5.69 Å². The number of aryl methyl sites for hydroxylation is 1. The lowest BCUT2D eigenvalue weighted by molar-refractivity contribution is -0.138. The molecule has 0 aliphatic carbocycles. The van der Waals surface area contributed by atoms with Crippen LogP contribution in [0.1, 0.15) is 34.8 Å². The average molecular weight is 513 g/mol. The fourth-order valence-electron chi connectivity index (χ4n) is 4.16. The predicted molar refractivity (Wildman–Crippen MR) is 115 cm³/mol. The molecule has 0 bridgehead atoms. The molecule has 1 N–H and O–H groups in total. The number of aromatic nitrogens is 5. The number of benzene rings is 1. The Morgan fingerprint density at radius 2 is 1.81 bits per heavy atom. The molecule has 36 heavy (non-hydrogen) atoms. The molecule has 2 unspecified atom stereocenters. The number of nitrogens with one attached hydrogen (secondary N) is 1. The standard InChI is InChI=1S/C22H21F6N7O/c1-12-3-4-15(35-32-5-6-33-35)17(18(12)23)19(36)34-11-21(24,25)7-13(2)16(34)10-31-20-29-8-14(9-30-20)22(26,27)28/h3-6,8-9,13,16H,7,10-11H2,1-2H3,(H,29,30,31). The number of halogens is 6. The van der Waals surface area contributed by atoms with Crippen molar-refractivity contribution in [1.82, 2.24) is 29.9 Å². The van der Waals surface area contributed by atoms with E-state index in [9.17, 15) is 26.7 Å². The number of alkyl halides is 5. The van der Waals surface area contributed by atoms with Gasteiger partial charge in [0.25, 0.3) is 11.8 Å². The third kappa shape index (κ3) is 5.11. The maximum atomic E-state index is 15.2. The van der Waals surface area contributed by atoms with Crippen LogP contribution in [-0.2, 0) is 6.18 Å². The van der Waals surface area contributed by atoms with Gasteiger partial charge in [-0.2, -0.15) is 28.2 Å². The minimum Gasteiger partial charge on any atom is -0.352 e. The smallest absolute Gasteiger partial charge is 0.352 e. The lowest BCUT2D eigenvalue weighted by Crippen LogP contribution is -2.57. The summed E-state index contributed by atoms with van der Waals surface area (Å²) in [6, 6.07) is 1.96. The van der Waals surface area contributed by atoms with Crippen molar-refractivity contribution in [1.29, 1.82) is 0 Å². The van der Waals surface area contributed by atoms with Crippen molar-refractivity contribution in [2.45, 2.75) is 38.4 Å². The molecular weight excluding hydrogens is 492 g/mol. The van der Waals surface area contributed by atoms with E-state index in [1.165, 1.54) is 38.4 Å². The third-order valence-corrected chi connectivity index (χ3v) is 5.95. The number of nitrogens with zero attached hydrogens (tertiary/aromatic N) is 6. The lowest BCUT2D eigenvalue weighted by atomic mass is 9.87. The normalized spacial score (nSPS) is 19.8. The van der Waals surface area contributed by atoms with E-state index in [4.69, 9.17) is 0 Å². The molecular formula is C22H21F6N7O. The van der Waals surface area contributed by atoms with Gasteiger partial charge in [-0.1, -0.05) is 13.0 Å². The molecule has 14 heteroatoms. The van der Waals surface area contributed by atoms with Gasteiger partial charge >= 0.3 is 6.18 Å². The zero-order valence-electron chi connectivity index (χ0n) is 19.1. The first-order valence-corrected chi connectivity index (χ1v) is 10.8. The van der Waals surface area contributed by atoms with Gasteiger partial charge in [0, 0.05) is 25.4 Å². The second-order valence-electron chi connectivity index (χ2n) is 8.62. The summed E-state index contributed by atoms with van der Waals surface area (Å²) in [4.78, 5) is 22.7. The Morgan fingerprint density at radius 3 is 2.42 bits per heavy atom. The highest BCUT2D eigenvalue weighted by atomic mass is 19.4. The van der Waals surface area contributed by atoms with E-state index in [1.807, 2.05) is 0 Å². The van der Waals surface area contributed by atoms with Crippen molar-refractivity contribution in [2.75, 3.05) is 18.4 Å². The number of hydrogen-bond acceptors (Lipinski definition) is 6. The van der Waals surface area contributed by atoms with E-state index in [1.54, 1.807) is 0 Å². The minimum absolute atomic E-state index is 0.0209. The first-order valence-electron chi connectivity index (χ1n) is 10.8. The fraction of sp³-hybridized carbons (Fsp3) is 0.409. The average Bonchev–Trinajstić information content (AvgIpc) is 3.33. The van der Waals surface area contributed by atoms with Gasteiger partial charge in [0.2, 0.25) is 5.95 Å². The van der Waals surface area contributed by atoms with Gasteiger partial charge in [-0.15, -0.1) is 0 Å². The van der Waals surface area contributed by atoms with E-state index >= 15 is 4.39 Å². The van der Waals surface area contributed by atoms with Gasteiger partial charge in [-0.3, -0.25) is 4.79 Å². The van der Waals surface area contributed by atoms with Crippen LogP contribution in [0.4, 0.5) is 32.3 Å². The molecule has 8 nitrogen and oxygen atoms in total. The maximum absolute atomic E-state index is 15.2. The molecule has 0 spiro atoms. The number of carbonyl (C=O) groups excluding carboxylic acids is 1. The number of amides is 1. The van der Waals surface area contributed by atoms with Crippen LogP contribution in [0.5, 0.6) is 0 Å². The number of likely N-dealkylation sites (tertiary alicyclic amines) is 1. The van der Waals surface area contributed by atoms with Crippen molar-refractivity contribution in [3.63, 3.8) is 0 Å². The zero-order valence-corrected chi connectivity index (χ0v) is 19.1. The van der Waals surface area contributed by atoms with Crippen LogP contribution in [0.15, 0.2) is 36.9 Å². The summed E-state index contributed by atoms with van der Waals surface area (Å²) in [6.45, 7) is 1.81. The molecule has 192 valence electrons. The highest BCUT2D eigenvalue weighted by Gasteiger charge is 2.47. The molecule has 2 aromatic heterocycles. The summed E-state index contributed by atoms with van der Waals surface area (Å²) in [5, 5.41) is 10.5. The van der Waals surface area contributed by atoms with E-state index < -0.39 is 59.9 Å². The number of rotatable bonds is 5. The summed E-state index contributed by atoms with van der Waals surface area (Å²) in [7, 11) is 0. The second kappa shape index (κ2) is 9.39. The molecule has 1 fully saturated rings. The number of hydrogen-bond donors (Lipinski definition) is 1. The second-order valence-corrected chi connectivity index (χ2v) is 8.62. The molecule has 3 aromatic rings. The molecule has 1 saturated heterocycles. The Hall–Kier alpha value is -3.71. The highest BCUT2D eigenvalue weighted by molar-refractivity contribution is 5.98. The van der Waals surface area contributed by atoms with Gasteiger partial charge in [0.05, 0.1) is 30.5 Å².